The van der Waals surface area contributed by atoms with Gasteiger partial charge in [-0.05, 0) is 117 Å². The molecule has 5 aliphatic carbocycles. The van der Waals surface area contributed by atoms with Crippen LogP contribution >= 0.6 is 11.3 Å². The van der Waals surface area contributed by atoms with Gasteiger partial charge in [0.2, 0.25) is 0 Å². The van der Waals surface area contributed by atoms with Crippen molar-refractivity contribution in [1.82, 2.24) is 4.98 Å². The third-order valence-corrected chi connectivity index (χ3v) is 14.9. The van der Waals surface area contributed by atoms with Crippen LogP contribution in [0.3, 0.4) is 0 Å². The van der Waals surface area contributed by atoms with Gasteiger partial charge in [0.1, 0.15) is 0 Å². The van der Waals surface area contributed by atoms with Gasteiger partial charge in [-0.2, -0.15) is 0 Å². The number of hydrogen-bond donors (Lipinski definition) is 1. The van der Waals surface area contributed by atoms with Crippen LogP contribution in [-0.2, 0) is 16.6 Å². The van der Waals surface area contributed by atoms with E-state index in [2.05, 4.69) is 55.0 Å². The lowest BCUT2D eigenvalue weighted by Crippen LogP contribution is -2.66. The minimum atomic E-state index is -0.530. The molecule has 1 heterocycles. The van der Waals surface area contributed by atoms with Crippen molar-refractivity contribution in [2.24, 2.45) is 51.2 Å². The monoisotopic (exact) mass is 509 g/mol. The van der Waals surface area contributed by atoms with Crippen LogP contribution in [0.25, 0.3) is 0 Å². The van der Waals surface area contributed by atoms with Crippen LogP contribution in [0.2, 0.25) is 0 Å². The fraction of sp³-hybridized carbons (Fsp3) is 0.812. The summed E-state index contributed by atoms with van der Waals surface area (Å²) in [6.45, 7) is 21.6. The third-order valence-electron chi connectivity index (χ3n) is 13.6. The van der Waals surface area contributed by atoms with E-state index in [0.717, 1.165) is 32.1 Å². The van der Waals surface area contributed by atoms with Crippen molar-refractivity contribution in [3.63, 3.8) is 0 Å². The summed E-state index contributed by atoms with van der Waals surface area (Å²) in [5.74, 6) is 1.94. The van der Waals surface area contributed by atoms with Crippen LogP contribution < -0.4 is 0 Å². The van der Waals surface area contributed by atoms with E-state index in [0.29, 0.717) is 23.7 Å². The first kappa shape index (κ1) is 25.1. The maximum absolute atomic E-state index is 12.9. The van der Waals surface area contributed by atoms with Crippen molar-refractivity contribution in [2.45, 2.75) is 112 Å². The number of carboxylic acids is 1. The van der Waals surface area contributed by atoms with E-state index < -0.39 is 11.4 Å². The smallest absolute Gasteiger partial charge is 0.309 e. The van der Waals surface area contributed by atoms with Crippen LogP contribution in [0.4, 0.5) is 0 Å². The zero-order valence-electron chi connectivity index (χ0n) is 23.7. The molecule has 4 fully saturated rings. The van der Waals surface area contributed by atoms with Gasteiger partial charge in [0.05, 0.1) is 16.1 Å². The average Bonchev–Trinajstić information content (AvgIpc) is 3.35. The molecule has 1 aromatic heterocycles. The number of aryl methyl sites for hydroxylation is 1. The molecule has 4 saturated carbocycles. The van der Waals surface area contributed by atoms with Crippen molar-refractivity contribution in [3.8, 4) is 0 Å². The van der Waals surface area contributed by atoms with Crippen molar-refractivity contribution in [2.75, 3.05) is 0 Å². The second kappa shape index (κ2) is 7.48. The Morgan fingerprint density at radius 3 is 2.36 bits per heavy atom. The Labute approximate surface area is 222 Å². The first-order chi connectivity index (χ1) is 16.7. The van der Waals surface area contributed by atoms with Crippen molar-refractivity contribution < 1.29 is 9.90 Å². The Bertz CT molecular complexity index is 1140. The summed E-state index contributed by atoms with van der Waals surface area (Å²) in [6.07, 6.45) is 9.91. The minimum absolute atomic E-state index is 0.175. The summed E-state index contributed by atoms with van der Waals surface area (Å²) in [7, 11) is 0. The second-order valence-corrected chi connectivity index (χ2v) is 16.3. The predicted octanol–water partition coefficient (Wildman–Crippen LogP) is 8.21. The van der Waals surface area contributed by atoms with Gasteiger partial charge in [-0.1, -0.05) is 46.8 Å². The molecule has 4 heteroatoms. The van der Waals surface area contributed by atoms with Gasteiger partial charge in [0.15, 0.2) is 0 Å². The number of fused-ring (bicyclic) bond motifs is 8. The number of rotatable bonds is 2. The number of nitrogens with zero attached hydrogens (tertiary/aromatic N) is 1. The molecule has 198 valence electrons. The largest absolute Gasteiger partial charge is 0.481 e. The van der Waals surface area contributed by atoms with Gasteiger partial charge in [-0.3, -0.25) is 4.79 Å². The van der Waals surface area contributed by atoms with E-state index in [1.54, 1.807) is 4.88 Å². The molecule has 36 heavy (non-hydrogen) atoms. The molecule has 1 N–H and O–H groups in total. The van der Waals surface area contributed by atoms with Gasteiger partial charge in [0, 0.05) is 10.3 Å². The standard InChI is InChI=1S/C32H47NO2S/c1-18(2)20-11-14-32(27(34)35)16-15-30(7)21(25(20)32)9-10-24-29(6)17-22-26(36-19(3)33-22)28(4,5)23(29)12-13-31(24,30)8/h20-21,23-25H,1,9-17H2,2-8H3,(H,34,35)/t20-,21?,23?,24?,25?,29-,30+,31+,32-/m0/s1. The molecule has 0 aliphatic heterocycles. The van der Waals surface area contributed by atoms with Gasteiger partial charge in [0.25, 0.3) is 0 Å². The summed E-state index contributed by atoms with van der Waals surface area (Å²) in [5.41, 5.74) is 2.93. The number of thiazole rings is 1. The van der Waals surface area contributed by atoms with Crippen LogP contribution in [0.5, 0.6) is 0 Å². The fourth-order valence-corrected chi connectivity index (χ4v) is 13.0. The van der Waals surface area contributed by atoms with Gasteiger partial charge in [-0.15, -0.1) is 11.3 Å². The lowest BCUT2D eigenvalue weighted by atomic mass is 9.32. The van der Waals surface area contributed by atoms with E-state index in [1.807, 2.05) is 11.3 Å². The summed E-state index contributed by atoms with van der Waals surface area (Å²) in [4.78, 5) is 19.5. The highest BCUT2D eigenvalue weighted by atomic mass is 32.1. The predicted molar refractivity (Wildman–Crippen MR) is 147 cm³/mol. The highest BCUT2D eigenvalue weighted by molar-refractivity contribution is 7.11. The molecule has 4 unspecified atom stereocenters. The third kappa shape index (κ3) is 2.81. The molecule has 0 saturated heterocycles. The first-order valence-electron chi connectivity index (χ1n) is 14.6. The molecule has 3 nitrogen and oxygen atoms in total. The Kier molecular flexibility index (Phi) is 5.22. The Morgan fingerprint density at radius 1 is 0.972 bits per heavy atom. The van der Waals surface area contributed by atoms with E-state index in [-0.39, 0.29) is 27.6 Å². The van der Waals surface area contributed by atoms with Gasteiger partial charge in [-0.25, -0.2) is 4.98 Å². The van der Waals surface area contributed by atoms with E-state index in [4.69, 9.17) is 4.98 Å². The highest BCUT2D eigenvalue weighted by Gasteiger charge is 2.72. The average molecular weight is 510 g/mol. The second-order valence-electron chi connectivity index (χ2n) is 15.1. The van der Waals surface area contributed by atoms with Crippen LogP contribution in [0.15, 0.2) is 12.2 Å². The number of carbonyl (C=O) groups is 1. The molecule has 1 aromatic rings. The van der Waals surface area contributed by atoms with Crippen molar-refractivity contribution in [1.29, 1.82) is 0 Å². The van der Waals surface area contributed by atoms with Crippen molar-refractivity contribution >= 4 is 17.3 Å². The van der Waals surface area contributed by atoms with E-state index in [1.165, 1.54) is 42.0 Å². The molecule has 0 amide bonds. The summed E-state index contributed by atoms with van der Waals surface area (Å²) < 4.78 is 0. The maximum atomic E-state index is 12.9. The van der Waals surface area contributed by atoms with Crippen molar-refractivity contribution in [3.05, 3.63) is 27.7 Å². The summed E-state index contributed by atoms with van der Waals surface area (Å²) in [6, 6.07) is 0. The Morgan fingerprint density at radius 2 is 1.69 bits per heavy atom. The van der Waals surface area contributed by atoms with Crippen LogP contribution in [-0.4, -0.2) is 16.1 Å². The molecular formula is C32H47NO2S. The highest BCUT2D eigenvalue weighted by Crippen LogP contribution is 2.77. The minimum Gasteiger partial charge on any atom is -0.481 e. The molecule has 9 atom stereocenters. The number of aromatic nitrogens is 1. The normalized spacial score (nSPS) is 48.7. The lowest BCUT2D eigenvalue weighted by Gasteiger charge is -2.72. The molecular weight excluding hydrogens is 462 g/mol. The van der Waals surface area contributed by atoms with E-state index in [9.17, 15) is 9.90 Å². The molecule has 0 aromatic carbocycles. The molecule has 6 rings (SSSR count). The number of allylic oxidation sites excluding steroid dienone is 1. The fourth-order valence-electron chi connectivity index (χ4n) is 11.9. The lowest BCUT2D eigenvalue weighted by molar-refractivity contribution is -0.227. The quantitative estimate of drug-likeness (QED) is 0.409. The summed E-state index contributed by atoms with van der Waals surface area (Å²) in [5, 5.41) is 11.8. The maximum Gasteiger partial charge on any atom is 0.309 e. The first-order valence-corrected chi connectivity index (χ1v) is 15.4. The zero-order chi connectivity index (χ0) is 26.1. The van der Waals surface area contributed by atoms with Gasteiger partial charge < -0.3 is 5.11 Å². The molecule has 0 spiro atoms. The Balaban J connectivity index is 1.44. The number of hydrogen-bond acceptors (Lipinski definition) is 3. The molecule has 0 bridgehead atoms. The SMILES string of the molecule is C=C(C)[C@@H]1CC[C@]2(C(=O)O)CC[C@]3(C)C(CCC4[C@@]5(C)Cc6nc(C)sc6C(C)(C)C5CC[C@]43C)C12. The number of carboxylic acid groups (broad SMARTS) is 1. The van der Waals surface area contributed by atoms with Crippen LogP contribution in [0.1, 0.15) is 108 Å². The van der Waals surface area contributed by atoms with E-state index >= 15 is 0 Å². The van der Waals surface area contributed by atoms with Gasteiger partial charge >= 0.3 is 5.97 Å². The zero-order valence-corrected chi connectivity index (χ0v) is 24.5. The number of aliphatic carboxylic acids is 1. The molecule has 0 radical (unpaired) electrons. The topological polar surface area (TPSA) is 50.2 Å². The van der Waals surface area contributed by atoms with Crippen LogP contribution in [0, 0.1) is 58.2 Å². The molecule has 5 aliphatic rings. The summed E-state index contributed by atoms with van der Waals surface area (Å²) >= 11 is 1.94. The Hall–Kier alpha value is -1.16.